The third kappa shape index (κ3) is 3.08. The Labute approximate surface area is 110 Å². The standard InChI is InChI=1S/C14H16F3NO/c1-13(2,3)12-18-11(8-19-12)9-5-4-6-10(7-9)14(15,16)17/h4-7,11H,8H2,1-3H3/t11-/m1/s1. The maximum Gasteiger partial charge on any atom is 0.416 e. The Hall–Kier alpha value is -1.52. The lowest BCUT2D eigenvalue weighted by Crippen LogP contribution is -2.20. The first-order valence-electron chi connectivity index (χ1n) is 6.06. The number of ether oxygens (including phenoxy) is 1. The van der Waals surface area contributed by atoms with E-state index in [1.54, 1.807) is 6.07 Å². The highest BCUT2D eigenvalue weighted by atomic mass is 19.4. The third-order valence-corrected chi connectivity index (χ3v) is 2.89. The number of hydrogen-bond donors (Lipinski definition) is 0. The molecule has 2 nitrogen and oxygen atoms in total. The molecule has 0 amide bonds. The van der Waals surface area contributed by atoms with Crippen LogP contribution in [0.4, 0.5) is 13.2 Å². The van der Waals surface area contributed by atoms with Crippen LogP contribution in [0.2, 0.25) is 0 Å². The predicted molar refractivity (Wildman–Crippen MR) is 67.0 cm³/mol. The van der Waals surface area contributed by atoms with E-state index in [-0.39, 0.29) is 11.5 Å². The number of hydrogen-bond acceptors (Lipinski definition) is 2. The van der Waals surface area contributed by atoms with Crippen molar-refractivity contribution in [3.63, 3.8) is 0 Å². The molecule has 1 aliphatic heterocycles. The number of aliphatic imine (C=N–C) groups is 1. The van der Waals surface area contributed by atoms with Gasteiger partial charge < -0.3 is 4.74 Å². The van der Waals surface area contributed by atoms with Crippen molar-refractivity contribution >= 4 is 5.90 Å². The Balaban J connectivity index is 2.28. The molecule has 1 atom stereocenters. The van der Waals surface area contributed by atoms with Gasteiger partial charge in [0.2, 0.25) is 0 Å². The fraction of sp³-hybridized carbons (Fsp3) is 0.500. The van der Waals surface area contributed by atoms with E-state index in [1.807, 2.05) is 20.8 Å². The molecule has 0 fully saturated rings. The number of benzene rings is 1. The number of halogens is 3. The van der Waals surface area contributed by atoms with Crippen LogP contribution in [0, 0.1) is 5.41 Å². The van der Waals surface area contributed by atoms with E-state index >= 15 is 0 Å². The molecule has 0 radical (unpaired) electrons. The average Bonchev–Trinajstić information content (AvgIpc) is 2.77. The van der Waals surface area contributed by atoms with Gasteiger partial charge in [-0.1, -0.05) is 32.9 Å². The maximum absolute atomic E-state index is 12.7. The minimum absolute atomic E-state index is 0.226. The van der Waals surface area contributed by atoms with Crippen molar-refractivity contribution in [1.29, 1.82) is 0 Å². The van der Waals surface area contributed by atoms with E-state index in [4.69, 9.17) is 4.74 Å². The summed E-state index contributed by atoms with van der Waals surface area (Å²) in [6.07, 6.45) is -4.33. The SMILES string of the molecule is CC(C)(C)C1=N[C@@H](c2cccc(C(F)(F)F)c2)CO1. The number of rotatable bonds is 1. The van der Waals surface area contributed by atoms with Crippen molar-refractivity contribution in [1.82, 2.24) is 0 Å². The molecule has 1 heterocycles. The smallest absolute Gasteiger partial charge is 0.416 e. The molecule has 5 heteroatoms. The van der Waals surface area contributed by atoms with E-state index in [2.05, 4.69) is 4.99 Å². The van der Waals surface area contributed by atoms with Gasteiger partial charge in [-0.2, -0.15) is 13.2 Å². The van der Waals surface area contributed by atoms with Gasteiger partial charge in [-0.05, 0) is 17.7 Å². The van der Waals surface area contributed by atoms with Crippen molar-refractivity contribution < 1.29 is 17.9 Å². The maximum atomic E-state index is 12.7. The lowest BCUT2D eigenvalue weighted by atomic mass is 9.97. The highest BCUT2D eigenvalue weighted by Gasteiger charge is 2.33. The van der Waals surface area contributed by atoms with Crippen molar-refractivity contribution in [3.05, 3.63) is 35.4 Å². The Morgan fingerprint density at radius 3 is 2.42 bits per heavy atom. The molecule has 0 bridgehead atoms. The first-order valence-corrected chi connectivity index (χ1v) is 6.06. The number of nitrogens with zero attached hydrogens (tertiary/aromatic N) is 1. The quantitative estimate of drug-likeness (QED) is 0.749. The summed E-state index contributed by atoms with van der Waals surface area (Å²) in [7, 11) is 0. The summed E-state index contributed by atoms with van der Waals surface area (Å²) in [6.45, 7) is 6.18. The lowest BCUT2D eigenvalue weighted by Gasteiger charge is -2.16. The number of alkyl halides is 3. The van der Waals surface area contributed by atoms with Gasteiger partial charge >= 0.3 is 6.18 Å². The lowest BCUT2D eigenvalue weighted by molar-refractivity contribution is -0.137. The van der Waals surface area contributed by atoms with Crippen LogP contribution in [0.15, 0.2) is 29.3 Å². The Bertz CT molecular complexity index is 500. The van der Waals surface area contributed by atoms with E-state index in [0.29, 0.717) is 18.1 Å². The monoisotopic (exact) mass is 271 g/mol. The van der Waals surface area contributed by atoms with Crippen LogP contribution in [0.5, 0.6) is 0 Å². The Kier molecular flexibility index (Phi) is 3.32. The average molecular weight is 271 g/mol. The van der Waals surface area contributed by atoms with Crippen molar-refractivity contribution in [3.8, 4) is 0 Å². The van der Waals surface area contributed by atoms with E-state index in [0.717, 1.165) is 12.1 Å². The molecule has 2 rings (SSSR count). The van der Waals surface area contributed by atoms with Gasteiger partial charge in [0.1, 0.15) is 12.6 Å². The van der Waals surface area contributed by atoms with Gasteiger partial charge in [-0.3, -0.25) is 0 Å². The minimum Gasteiger partial charge on any atom is -0.478 e. The third-order valence-electron chi connectivity index (χ3n) is 2.89. The van der Waals surface area contributed by atoms with Gasteiger partial charge in [0.05, 0.1) is 5.56 Å². The molecule has 19 heavy (non-hydrogen) atoms. The summed E-state index contributed by atoms with van der Waals surface area (Å²) >= 11 is 0. The molecule has 0 aromatic heterocycles. The molecule has 0 N–H and O–H groups in total. The molecule has 0 saturated heterocycles. The summed E-state index contributed by atoms with van der Waals surface area (Å²) in [5.41, 5.74) is -0.338. The molecule has 1 aromatic rings. The van der Waals surface area contributed by atoms with Crippen LogP contribution >= 0.6 is 0 Å². The minimum atomic E-state index is -4.33. The van der Waals surface area contributed by atoms with Gasteiger partial charge in [0.15, 0.2) is 5.90 Å². The van der Waals surface area contributed by atoms with Gasteiger partial charge in [-0.25, -0.2) is 4.99 Å². The molecule has 0 aliphatic carbocycles. The van der Waals surface area contributed by atoms with Gasteiger partial charge in [0, 0.05) is 5.41 Å². The molecule has 1 aromatic carbocycles. The van der Waals surface area contributed by atoms with E-state index in [1.165, 1.54) is 6.07 Å². The van der Waals surface area contributed by atoms with Gasteiger partial charge in [-0.15, -0.1) is 0 Å². The summed E-state index contributed by atoms with van der Waals surface area (Å²) in [4.78, 5) is 4.38. The molecular formula is C14H16F3NO. The topological polar surface area (TPSA) is 21.6 Å². The van der Waals surface area contributed by atoms with E-state index in [9.17, 15) is 13.2 Å². The van der Waals surface area contributed by atoms with Crippen LogP contribution in [-0.4, -0.2) is 12.5 Å². The zero-order valence-electron chi connectivity index (χ0n) is 11.1. The fourth-order valence-electron chi connectivity index (χ4n) is 1.88. The summed E-state index contributed by atoms with van der Waals surface area (Å²) in [5, 5.41) is 0. The Morgan fingerprint density at radius 2 is 1.89 bits per heavy atom. The summed E-state index contributed by atoms with van der Waals surface area (Å²) < 4.78 is 43.4. The molecule has 0 spiro atoms. The van der Waals surface area contributed by atoms with Crippen LogP contribution < -0.4 is 0 Å². The molecule has 0 unspecified atom stereocenters. The first kappa shape index (κ1) is 13.9. The Morgan fingerprint density at radius 1 is 1.21 bits per heavy atom. The summed E-state index contributed by atoms with van der Waals surface area (Å²) in [5.74, 6) is 0.593. The van der Waals surface area contributed by atoms with Crippen molar-refractivity contribution in [2.24, 2.45) is 10.4 Å². The van der Waals surface area contributed by atoms with Crippen LogP contribution in [0.25, 0.3) is 0 Å². The van der Waals surface area contributed by atoms with Crippen LogP contribution in [0.3, 0.4) is 0 Å². The van der Waals surface area contributed by atoms with Crippen LogP contribution in [-0.2, 0) is 10.9 Å². The highest BCUT2D eigenvalue weighted by molar-refractivity contribution is 5.83. The largest absolute Gasteiger partial charge is 0.478 e. The normalized spacial score (nSPS) is 20.1. The zero-order chi connectivity index (χ0) is 14.3. The molecule has 104 valence electrons. The second kappa shape index (κ2) is 4.54. The summed E-state index contributed by atoms with van der Waals surface area (Å²) in [6, 6.07) is 4.91. The molecule has 1 aliphatic rings. The van der Waals surface area contributed by atoms with Gasteiger partial charge in [0.25, 0.3) is 0 Å². The molecule has 0 saturated carbocycles. The highest BCUT2D eigenvalue weighted by Crippen LogP contribution is 2.34. The van der Waals surface area contributed by atoms with Crippen molar-refractivity contribution in [2.45, 2.75) is 33.0 Å². The molecular weight excluding hydrogens is 255 g/mol. The van der Waals surface area contributed by atoms with E-state index < -0.39 is 11.7 Å². The van der Waals surface area contributed by atoms with Crippen LogP contribution in [0.1, 0.15) is 37.9 Å². The first-order chi connectivity index (χ1) is 8.68. The predicted octanol–water partition coefficient (Wildman–Crippen LogP) is 4.22. The second-order valence-electron chi connectivity index (χ2n) is 5.63. The van der Waals surface area contributed by atoms with Crippen molar-refractivity contribution in [2.75, 3.05) is 6.61 Å². The fourth-order valence-corrected chi connectivity index (χ4v) is 1.88. The second-order valence-corrected chi connectivity index (χ2v) is 5.63. The zero-order valence-corrected chi connectivity index (χ0v) is 11.1.